The molecule has 1 aliphatic heterocycles. The number of amides is 1. The number of hydrogen-bond donors (Lipinski definition) is 2. The molecule has 1 aliphatic rings. The number of methoxy groups -OCH3 is 1. The molecule has 0 saturated carbocycles. The number of halogens is 1. The molecule has 1 aromatic carbocycles. The smallest absolute Gasteiger partial charge is 0.407 e. The molecule has 0 aromatic heterocycles. The minimum absolute atomic E-state index is 0.220. The van der Waals surface area contributed by atoms with Crippen LogP contribution in [0.1, 0.15) is 24.4 Å². The maximum absolute atomic E-state index is 13.9. The molecule has 4 nitrogen and oxygen atoms in total. The Hall–Kier alpha value is -1.62. The zero-order valence-electron chi connectivity index (χ0n) is 11.0. The third kappa shape index (κ3) is 3.44. The summed E-state index contributed by atoms with van der Waals surface area (Å²) in [5, 5.41) is 6.03. The van der Waals surface area contributed by atoms with Gasteiger partial charge in [0, 0.05) is 5.56 Å². The van der Waals surface area contributed by atoms with Crippen molar-refractivity contribution in [1.29, 1.82) is 0 Å². The Kier molecular flexibility index (Phi) is 4.74. The molecule has 1 fully saturated rings. The summed E-state index contributed by atoms with van der Waals surface area (Å²) in [6.07, 6.45) is 1.29. The lowest BCUT2D eigenvalue weighted by atomic mass is 9.86. The highest BCUT2D eigenvalue weighted by atomic mass is 19.1. The first-order valence-corrected chi connectivity index (χ1v) is 6.52. The van der Waals surface area contributed by atoms with Gasteiger partial charge < -0.3 is 15.4 Å². The van der Waals surface area contributed by atoms with Gasteiger partial charge in [0.15, 0.2) is 0 Å². The fraction of sp³-hybridized carbons (Fsp3) is 0.500. The number of carbonyl (C=O) groups excluding carboxylic acids is 1. The molecule has 0 aliphatic carbocycles. The van der Waals surface area contributed by atoms with E-state index in [-0.39, 0.29) is 17.8 Å². The summed E-state index contributed by atoms with van der Waals surface area (Å²) in [5.41, 5.74) is 0.528. The van der Waals surface area contributed by atoms with Crippen molar-refractivity contribution in [3.8, 4) is 0 Å². The summed E-state index contributed by atoms with van der Waals surface area (Å²) >= 11 is 0. The summed E-state index contributed by atoms with van der Waals surface area (Å²) in [5.74, 6) is -0.0697. The first kappa shape index (κ1) is 13.8. The van der Waals surface area contributed by atoms with E-state index in [0.717, 1.165) is 25.9 Å². The van der Waals surface area contributed by atoms with E-state index in [0.29, 0.717) is 5.56 Å². The van der Waals surface area contributed by atoms with Gasteiger partial charge in [0.05, 0.1) is 13.2 Å². The predicted octanol–water partition coefficient (Wildman–Crippen LogP) is 2.22. The van der Waals surface area contributed by atoms with Gasteiger partial charge in [0.2, 0.25) is 0 Å². The van der Waals surface area contributed by atoms with Gasteiger partial charge in [-0.25, -0.2) is 9.18 Å². The molecule has 1 saturated heterocycles. The highest BCUT2D eigenvalue weighted by Gasteiger charge is 2.28. The van der Waals surface area contributed by atoms with E-state index in [1.165, 1.54) is 13.2 Å². The molecule has 104 valence electrons. The van der Waals surface area contributed by atoms with Crippen molar-refractivity contribution in [3.05, 3.63) is 35.6 Å². The van der Waals surface area contributed by atoms with E-state index in [4.69, 9.17) is 0 Å². The molecule has 1 amide bonds. The molecule has 5 heteroatoms. The molecule has 0 bridgehead atoms. The number of piperidine rings is 1. The first-order valence-electron chi connectivity index (χ1n) is 6.52. The Labute approximate surface area is 112 Å². The van der Waals surface area contributed by atoms with E-state index in [9.17, 15) is 9.18 Å². The SMILES string of the molecule is COC(=O)NC(c1ccccc1F)C1CCNCC1. The Morgan fingerprint density at radius 3 is 2.74 bits per heavy atom. The number of carbonyl (C=O) groups is 1. The van der Waals surface area contributed by atoms with Crippen LogP contribution in [-0.4, -0.2) is 26.3 Å². The van der Waals surface area contributed by atoms with Gasteiger partial charge in [-0.1, -0.05) is 18.2 Å². The first-order chi connectivity index (χ1) is 9.22. The fourth-order valence-corrected chi connectivity index (χ4v) is 2.54. The normalized spacial score (nSPS) is 17.8. The number of benzene rings is 1. The standard InChI is InChI=1S/C14H19FN2O2/c1-19-14(18)17-13(10-6-8-16-9-7-10)11-4-2-3-5-12(11)15/h2-5,10,13,16H,6-9H2,1H3,(H,17,18). The van der Waals surface area contributed by atoms with Gasteiger partial charge in [-0.15, -0.1) is 0 Å². The van der Waals surface area contributed by atoms with Gasteiger partial charge in [-0.05, 0) is 37.9 Å². The van der Waals surface area contributed by atoms with E-state index in [2.05, 4.69) is 15.4 Å². The van der Waals surface area contributed by atoms with Crippen molar-refractivity contribution in [1.82, 2.24) is 10.6 Å². The topological polar surface area (TPSA) is 50.4 Å². The van der Waals surface area contributed by atoms with Crippen molar-refractivity contribution >= 4 is 6.09 Å². The molecule has 2 rings (SSSR count). The van der Waals surface area contributed by atoms with Gasteiger partial charge in [-0.3, -0.25) is 0 Å². The van der Waals surface area contributed by atoms with Crippen LogP contribution < -0.4 is 10.6 Å². The number of ether oxygens (including phenoxy) is 1. The van der Waals surface area contributed by atoms with E-state index in [1.54, 1.807) is 18.2 Å². The van der Waals surface area contributed by atoms with Gasteiger partial charge in [-0.2, -0.15) is 0 Å². The Morgan fingerprint density at radius 1 is 1.42 bits per heavy atom. The molecule has 1 aromatic rings. The molecule has 2 N–H and O–H groups in total. The molecule has 1 heterocycles. The van der Waals surface area contributed by atoms with Crippen molar-refractivity contribution in [2.24, 2.45) is 5.92 Å². The zero-order chi connectivity index (χ0) is 13.7. The highest BCUT2D eigenvalue weighted by Crippen LogP contribution is 2.30. The zero-order valence-corrected chi connectivity index (χ0v) is 11.0. The van der Waals surface area contributed by atoms with Crippen molar-refractivity contribution in [3.63, 3.8) is 0 Å². The van der Waals surface area contributed by atoms with E-state index >= 15 is 0 Å². The molecule has 0 spiro atoms. The molecular weight excluding hydrogens is 247 g/mol. The molecule has 19 heavy (non-hydrogen) atoms. The van der Waals surface area contributed by atoms with E-state index < -0.39 is 6.09 Å². The fourth-order valence-electron chi connectivity index (χ4n) is 2.54. The predicted molar refractivity (Wildman–Crippen MR) is 70.3 cm³/mol. The second kappa shape index (κ2) is 6.52. The van der Waals surface area contributed by atoms with Crippen LogP contribution in [0.4, 0.5) is 9.18 Å². The third-order valence-electron chi connectivity index (χ3n) is 3.55. The van der Waals surface area contributed by atoms with Crippen LogP contribution in [0.3, 0.4) is 0 Å². The number of hydrogen-bond acceptors (Lipinski definition) is 3. The highest BCUT2D eigenvalue weighted by molar-refractivity contribution is 5.67. The van der Waals surface area contributed by atoms with Gasteiger partial charge in [0.25, 0.3) is 0 Å². The number of rotatable bonds is 3. The lowest BCUT2D eigenvalue weighted by Gasteiger charge is -2.31. The second-order valence-corrected chi connectivity index (χ2v) is 4.72. The van der Waals surface area contributed by atoms with Crippen LogP contribution in [0.2, 0.25) is 0 Å². The maximum Gasteiger partial charge on any atom is 0.407 e. The second-order valence-electron chi connectivity index (χ2n) is 4.72. The lowest BCUT2D eigenvalue weighted by molar-refractivity contribution is 0.157. The Morgan fingerprint density at radius 2 is 2.11 bits per heavy atom. The number of alkyl carbamates (subject to hydrolysis) is 1. The number of nitrogens with one attached hydrogen (secondary N) is 2. The quantitative estimate of drug-likeness (QED) is 0.882. The summed E-state index contributed by atoms with van der Waals surface area (Å²) in [4.78, 5) is 11.5. The average molecular weight is 266 g/mol. The largest absolute Gasteiger partial charge is 0.453 e. The van der Waals surface area contributed by atoms with Crippen molar-refractivity contribution in [2.45, 2.75) is 18.9 Å². The van der Waals surface area contributed by atoms with E-state index in [1.807, 2.05) is 0 Å². The molecule has 1 unspecified atom stereocenters. The van der Waals surface area contributed by atoms with Crippen LogP contribution in [-0.2, 0) is 4.74 Å². The van der Waals surface area contributed by atoms with Gasteiger partial charge in [0.1, 0.15) is 5.82 Å². The summed E-state index contributed by atoms with van der Waals surface area (Å²) in [6, 6.07) is 6.23. The maximum atomic E-state index is 13.9. The van der Waals surface area contributed by atoms with Crippen LogP contribution in [0.5, 0.6) is 0 Å². The van der Waals surface area contributed by atoms with Crippen LogP contribution >= 0.6 is 0 Å². The summed E-state index contributed by atoms with van der Waals surface area (Å²) in [7, 11) is 1.32. The average Bonchev–Trinajstić information content (AvgIpc) is 2.46. The van der Waals surface area contributed by atoms with Crippen molar-refractivity contribution < 1.29 is 13.9 Å². The molecule has 1 atom stereocenters. The van der Waals surface area contributed by atoms with Gasteiger partial charge >= 0.3 is 6.09 Å². The Bertz CT molecular complexity index is 433. The summed E-state index contributed by atoms with van der Waals surface area (Å²) < 4.78 is 18.6. The lowest BCUT2D eigenvalue weighted by Crippen LogP contribution is -2.39. The third-order valence-corrected chi connectivity index (χ3v) is 3.55. The monoisotopic (exact) mass is 266 g/mol. The van der Waals surface area contributed by atoms with Crippen LogP contribution in [0.15, 0.2) is 24.3 Å². The van der Waals surface area contributed by atoms with Crippen LogP contribution in [0, 0.1) is 11.7 Å². The van der Waals surface area contributed by atoms with Crippen molar-refractivity contribution in [2.75, 3.05) is 20.2 Å². The van der Waals surface area contributed by atoms with Crippen LogP contribution in [0.25, 0.3) is 0 Å². The minimum Gasteiger partial charge on any atom is -0.453 e. The Balaban J connectivity index is 2.22. The summed E-state index contributed by atoms with van der Waals surface area (Å²) in [6.45, 7) is 1.77. The minimum atomic E-state index is -0.521. The molecule has 0 radical (unpaired) electrons. The molecular formula is C14H19FN2O2.